The van der Waals surface area contributed by atoms with E-state index in [1.165, 1.54) is 16.0 Å². The lowest BCUT2D eigenvalue weighted by Gasteiger charge is -2.31. The van der Waals surface area contributed by atoms with Crippen LogP contribution in [0.15, 0.2) is 53.4 Å². The molecular formula is C18H19N5OS. The van der Waals surface area contributed by atoms with Crippen LogP contribution in [0, 0.1) is 0 Å². The number of aromatic nitrogens is 4. The summed E-state index contributed by atoms with van der Waals surface area (Å²) in [6.07, 6.45) is 2.96. The quantitative estimate of drug-likeness (QED) is 0.724. The maximum atomic E-state index is 5.25. The number of anilines is 1. The van der Waals surface area contributed by atoms with E-state index >= 15 is 0 Å². The zero-order valence-corrected chi connectivity index (χ0v) is 14.9. The highest BCUT2D eigenvalue weighted by Gasteiger charge is 2.30. The molecule has 0 saturated heterocycles. The van der Waals surface area contributed by atoms with Gasteiger partial charge in [0.1, 0.15) is 5.75 Å². The van der Waals surface area contributed by atoms with Crippen LogP contribution in [0.25, 0.3) is 0 Å². The van der Waals surface area contributed by atoms with Gasteiger partial charge in [0.15, 0.2) is 0 Å². The second-order valence-corrected chi connectivity index (χ2v) is 6.82. The molecule has 2 atom stereocenters. The third-order valence-electron chi connectivity index (χ3n) is 4.57. The number of rotatable bonds is 4. The summed E-state index contributed by atoms with van der Waals surface area (Å²) in [5, 5.41) is 15.6. The molecule has 2 unspecified atom stereocenters. The molecule has 0 fully saturated rings. The third kappa shape index (κ3) is 3.07. The number of benzene rings is 2. The van der Waals surface area contributed by atoms with Crippen LogP contribution in [0.1, 0.15) is 29.6 Å². The Bertz CT molecular complexity index is 847. The first-order valence-corrected chi connectivity index (χ1v) is 9.33. The van der Waals surface area contributed by atoms with E-state index in [4.69, 9.17) is 4.74 Å². The first-order chi connectivity index (χ1) is 12.3. The molecule has 1 aliphatic heterocycles. The van der Waals surface area contributed by atoms with Crippen LogP contribution in [0.4, 0.5) is 5.95 Å². The Balaban J connectivity index is 1.66. The van der Waals surface area contributed by atoms with Crippen molar-refractivity contribution in [1.82, 2.24) is 20.2 Å². The molecule has 0 saturated carbocycles. The molecule has 1 aromatic heterocycles. The number of fused-ring (bicyclic) bond motifs is 1. The largest absolute Gasteiger partial charge is 0.497 e. The minimum absolute atomic E-state index is 0.106. The molecule has 6 nitrogen and oxygen atoms in total. The Labute approximate surface area is 150 Å². The van der Waals surface area contributed by atoms with Crippen LogP contribution >= 0.6 is 11.8 Å². The minimum Gasteiger partial charge on any atom is -0.497 e. The maximum Gasteiger partial charge on any atom is 0.243 e. The van der Waals surface area contributed by atoms with Gasteiger partial charge in [0.2, 0.25) is 5.95 Å². The molecule has 0 radical (unpaired) electrons. The van der Waals surface area contributed by atoms with Crippen molar-refractivity contribution in [3.8, 4) is 5.75 Å². The van der Waals surface area contributed by atoms with Crippen LogP contribution in [-0.4, -0.2) is 33.6 Å². The number of thioether (sulfide) groups is 1. The van der Waals surface area contributed by atoms with Crippen molar-refractivity contribution in [3.63, 3.8) is 0 Å². The normalized spacial score (nSPS) is 19.1. The minimum atomic E-state index is 0.106. The molecule has 128 valence electrons. The monoisotopic (exact) mass is 353 g/mol. The summed E-state index contributed by atoms with van der Waals surface area (Å²) in [5.74, 6) is 1.56. The highest BCUT2D eigenvalue weighted by atomic mass is 32.2. The van der Waals surface area contributed by atoms with Crippen molar-refractivity contribution >= 4 is 17.7 Å². The fourth-order valence-electron chi connectivity index (χ4n) is 3.20. The highest BCUT2D eigenvalue weighted by Crippen LogP contribution is 2.37. The van der Waals surface area contributed by atoms with Crippen LogP contribution in [-0.2, 0) is 0 Å². The van der Waals surface area contributed by atoms with Crippen LogP contribution < -0.4 is 10.1 Å². The van der Waals surface area contributed by atoms with E-state index in [1.54, 1.807) is 18.9 Å². The zero-order chi connectivity index (χ0) is 17.2. The maximum absolute atomic E-state index is 5.25. The molecule has 2 aromatic carbocycles. The molecule has 7 heteroatoms. The fourth-order valence-corrected chi connectivity index (χ4v) is 3.60. The highest BCUT2D eigenvalue weighted by molar-refractivity contribution is 7.98. The number of nitrogens with zero attached hydrogens (tertiary/aromatic N) is 4. The number of hydrogen-bond donors (Lipinski definition) is 1. The molecular weight excluding hydrogens is 334 g/mol. The topological polar surface area (TPSA) is 64.9 Å². The Morgan fingerprint density at radius 2 is 1.80 bits per heavy atom. The molecule has 0 bridgehead atoms. The lowest BCUT2D eigenvalue weighted by molar-refractivity contribution is 0.412. The summed E-state index contributed by atoms with van der Waals surface area (Å²) in [4.78, 5) is 1.25. The SMILES string of the molecule is COc1ccc(C2CC(c3ccc(SC)cc3)n3nnnc3N2)cc1. The number of methoxy groups -OCH3 is 1. The Kier molecular flexibility index (Phi) is 4.31. The van der Waals surface area contributed by atoms with Gasteiger partial charge in [-0.05, 0) is 58.5 Å². The first kappa shape index (κ1) is 16.0. The van der Waals surface area contributed by atoms with Crippen molar-refractivity contribution in [3.05, 3.63) is 59.7 Å². The molecule has 1 aliphatic rings. The van der Waals surface area contributed by atoms with Gasteiger partial charge in [0, 0.05) is 4.90 Å². The molecule has 2 heterocycles. The molecule has 0 spiro atoms. The number of hydrogen-bond acceptors (Lipinski definition) is 6. The average Bonchev–Trinajstić information content (AvgIpc) is 3.16. The molecule has 25 heavy (non-hydrogen) atoms. The number of tetrazole rings is 1. The fraction of sp³-hybridized carbons (Fsp3) is 0.278. The standard InChI is InChI=1S/C18H19N5OS/c1-24-14-7-3-12(4-8-14)16-11-17(23-18(19-16)20-21-22-23)13-5-9-15(25-2)10-6-13/h3-10,16-17H,11H2,1-2H3,(H,19,20,22). The summed E-state index contributed by atoms with van der Waals surface area (Å²) in [6.45, 7) is 0. The Hall–Kier alpha value is -2.54. The van der Waals surface area contributed by atoms with Gasteiger partial charge in [0.25, 0.3) is 0 Å². The van der Waals surface area contributed by atoms with Gasteiger partial charge in [-0.1, -0.05) is 29.4 Å². The average molecular weight is 353 g/mol. The van der Waals surface area contributed by atoms with Gasteiger partial charge in [-0.2, -0.15) is 0 Å². The van der Waals surface area contributed by atoms with Crippen molar-refractivity contribution in [2.75, 3.05) is 18.7 Å². The number of ether oxygens (including phenoxy) is 1. The number of nitrogens with one attached hydrogen (secondary N) is 1. The van der Waals surface area contributed by atoms with Crippen molar-refractivity contribution in [2.24, 2.45) is 0 Å². The predicted octanol–water partition coefficient (Wildman–Crippen LogP) is 3.55. The van der Waals surface area contributed by atoms with Crippen molar-refractivity contribution in [2.45, 2.75) is 23.4 Å². The van der Waals surface area contributed by atoms with E-state index in [9.17, 15) is 0 Å². The van der Waals surface area contributed by atoms with Gasteiger partial charge in [-0.25, -0.2) is 4.68 Å². The zero-order valence-electron chi connectivity index (χ0n) is 14.1. The molecule has 4 rings (SSSR count). The van der Waals surface area contributed by atoms with Crippen LogP contribution in [0.5, 0.6) is 5.75 Å². The lowest BCUT2D eigenvalue weighted by atomic mass is 9.93. The summed E-state index contributed by atoms with van der Waals surface area (Å²) in [5.41, 5.74) is 2.41. The Morgan fingerprint density at radius 3 is 2.48 bits per heavy atom. The second kappa shape index (κ2) is 6.76. The third-order valence-corrected chi connectivity index (χ3v) is 5.31. The predicted molar refractivity (Wildman–Crippen MR) is 98.2 cm³/mol. The second-order valence-electron chi connectivity index (χ2n) is 5.94. The van der Waals surface area contributed by atoms with E-state index in [0.717, 1.165) is 12.2 Å². The van der Waals surface area contributed by atoms with Crippen molar-refractivity contribution < 1.29 is 4.74 Å². The van der Waals surface area contributed by atoms with E-state index in [1.807, 2.05) is 16.8 Å². The van der Waals surface area contributed by atoms with Crippen LogP contribution in [0.3, 0.4) is 0 Å². The summed E-state index contributed by atoms with van der Waals surface area (Å²) in [7, 11) is 1.68. The van der Waals surface area contributed by atoms with Gasteiger partial charge in [-0.3, -0.25) is 0 Å². The molecule has 1 N–H and O–H groups in total. The van der Waals surface area contributed by atoms with Gasteiger partial charge < -0.3 is 10.1 Å². The summed E-state index contributed by atoms with van der Waals surface area (Å²) in [6, 6.07) is 17.0. The molecule has 3 aromatic rings. The van der Waals surface area contributed by atoms with E-state index in [2.05, 4.69) is 63.5 Å². The van der Waals surface area contributed by atoms with E-state index < -0.39 is 0 Å². The van der Waals surface area contributed by atoms with Gasteiger partial charge in [0.05, 0.1) is 19.2 Å². The smallest absolute Gasteiger partial charge is 0.243 e. The summed E-state index contributed by atoms with van der Waals surface area (Å²) >= 11 is 1.74. The van der Waals surface area contributed by atoms with Crippen molar-refractivity contribution in [1.29, 1.82) is 0 Å². The molecule has 0 aliphatic carbocycles. The summed E-state index contributed by atoms with van der Waals surface area (Å²) < 4.78 is 7.12. The molecule has 0 amide bonds. The Morgan fingerprint density at radius 1 is 1.08 bits per heavy atom. The van der Waals surface area contributed by atoms with Crippen LogP contribution in [0.2, 0.25) is 0 Å². The van der Waals surface area contributed by atoms with E-state index in [0.29, 0.717) is 5.95 Å². The first-order valence-electron chi connectivity index (χ1n) is 8.11. The van der Waals surface area contributed by atoms with E-state index in [-0.39, 0.29) is 12.1 Å². The van der Waals surface area contributed by atoms with Gasteiger partial charge >= 0.3 is 0 Å². The lowest BCUT2D eigenvalue weighted by Crippen LogP contribution is -2.28. The van der Waals surface area contributed by atoms with Gasteiger partial charge in [-0.15, -0.1) is 11.8 Å².